The highest BCUT2D eigenvalue weighted by Crippen LogP contribution is 2.31. The van der Waals surface area contributed by atoms with Crippen LogP contribution in [0.5, 0.6) is 5.75 Å². The molecular formula is C16H14ClNO2. The highest BCUT2D eigenvalue weighted by atomic mass is 35.5. The number of anilines is 1. The van der Waals surface area contributed by atoms with Gasteiger partial charge in [-0.15, -0.1) is 0 Å². The van der Waals surface area contributed by atoms with Crippen molar-refractivity contribution in [2.24, 2.45) is 0 Å². The number of halogens is 1. The number of carbonyl (C=O) groups excluding carboxylic acids is 1. The summed E-state index contributed by atoms with van der Waals surface area (Å²) < 4.78 is 5.16. The van der Waals surface area contributed by atoms with Crippen molar-refractivity contribution in [3.8, 4) is 5.75 Å². The Morgan fingerprint density at radius 1 is 1.25 bits per heavy atom. The van der Waals surface area contributed by atoms with E-state index in [2.05, 4.69) is 0 Å². The third-order valence-electron chi connectivity index (χ3n) is 3.50. The molecule has 3 nitrogen and oxygen atoms in total. The lowest BCUT2D eigenvalue weighted by molar-refractivity contribution is 0.0989. The summed E-state index contributed by atoms with van der Waals surface area (Å²) in [6, 6.07) is 12.9. The Morgan fingerprint density at radius 2 is 2.10 bits per heavy atom. The fourth-order valence-electron chi connectivity index (χ4n) is 2.49. The van der Waals surface area contributed by atoms with Gasteiger partial charge < -0.3 is 9.64 Å². The number of fused-ring (bicyclic) bond motifs is 1. The number of methoxy groups -OCH3 is 1. The first kappa shape index (κ1) is 13.0. The normalized spacial score (nSPS) is 13.2. The van der Waals surface area contributed by atoms with E-state index in [0.29, 0.717) is 22.9 Å². The lowest BCUT2D eigenvalue weighted by Gasteiger charge is -2.17. The van der Waals surface area contributed by atoms with E-state index in [0.717, 1.165) is 17.7 Å². The van der Waals surface area contributed by atoms with E-state index in [4.69, 9.17) is 16.3 Å². The average molecular weight is 288 g/mol. The second kappa shape index (κ2) is 5.17. The number of benzene rings is 2. The van der Waals surface area contributed by atoms with Gasteiger partial charge in [0.2, 0.25) is 0 Å². The largest absolute Gasteiger partial charge is 0.497 e. The van der Waals surface area contributed by atoms with Gasteiger partial charge in [0.05, 0.1) is 7.11 Å². The Morgan fingerprint density at radius 3 is 2.90 bits per heavy atom. The highest BCUT2D eigenvalue weighted by Gasteiger charge is 2.25. The van der Waals surface area contributed by atoms with Crippen LogP contribution in [-0.2, 0) is 6.42 Å². The molecule has 0 radical (unpaired) electrons. The van der Waals surface area contributed by atoms with Gasteiger partial charge in [-0.05, 0) is 48.4 Å². The van der Waals surface area contributed by atoms with E-state index in [9.17, 15) is 4.79 Å². The van der Waals surface area contributed by atoms with Crippen molar-refractivity contribution in [2.75, 3.05) is 18.6 Å². The number of carbonyl (C=O) groups is 1. The van der Waals surface area contributed by atoms with Crippen LogP contribution in [0.3, 0.4) is 0 Å². The molecule has 0 aliphatic carbocycles. The molecule has 0 fully saturated rings. The maximum atomic E-state index is 12.6. The van der Waals surface area contributed by atoms with Crippen molar-refractivity contribution in [3.05, 3.63) is 58.6 Å². The first-order chi connectivity index (χ1) is 9.69. The third kappa shape index (κ3) is 2.25. The summed E-state index contributed by atoms with van der Waals surface area (Å²) in [5.74, 6) is 0.677. The molecule has 0 aromatic heterocycles. The van der Waals surface area contributed by atoms with Crippen molar-refractivity contribution in [1.82, 2.24) is 0 Å². The highest BCUT2D eigenvalue weighted by molar-refractivity contribution is 6.30. The summed E-state index contributed by atoms with van der Waals surface area (Å²) in [5, 5.41) is 0.708. The molecule has 0 saturated heterocycles. The van der Waals surface area contributed by atoms with Gasteiger partial charge in [0.15, 0.2) is 0 Å². The minimum Gasteiger partial charge on any atom is -0.497 e. The van der Waals surface area contributed by atoms with E-state index in [1.807, 2.05) is 30.3 Å². The fraction of sp³-hybridized carbons (Fsp3) is 0.188. The monoisotopic (exact) mass is 287 g/mol. The molecule has 1 aliphatic heterocycles. The molecular weight excluding hydrogens is 274 g/mol. The molecule has 20 heavy (non-hydrogen) atoms. The van der Waals surface area contributed by atoms with Gasteiger partial charge in [0, 0.05) is 22.8 Å². The van der Waals surface area contributed by atoms with Crippen LogP contribution in [0.2, 0.25) is 5.02 Å². The quantitative estimate of drug-likeness (QED) is 0.845. The molecule has 0 saturated carbocycles. The first-order valence-electron chi connectivity index (χ1n) is 6.43. The Balaban J connectivity index is 1.93. The van der Waals surface area contributed by atoms with E-state index in [1.165, 1.54) is 0 Å². The zero-order chi connectivity index (χ0) is 14.1. The molecule has 1 amide bonds. The lowest BCUT2D eigenvalue weighted by Crippen LogP contribution is -2.28. The molecule has 2 aromatic carbocycles. The van der Waals surface area contributed by atoms with Gasteiger partial charge >= 0.3 is 0 Å². The van der Waals surface area contributed by atoms with Crippen molar-refractivity contribution in [3.63, 3.8) is 0 Å². The number of amides is 1. The average Bonchev–Trinajstić information content (AvgIpc) is 2.89. The van der Waals surface area contributed by atoms with Crippen LogP contribution < -0.4 is 9.64 Å². The van der Waals surface area contributed by atoms with Crippen molar-refractivity contribution in [2.45, 2.75) is 6.42 Å². The minimum absolute atomic E-state index is 0.00928. The fourth-order valence-corrected chi connectivity index (χ4v) is 2.69. The van der Waals surface area contributed by atoms with Gasteiger partial charge in [-0.25, -0.2) is 0 Å². The molecule has 0 unspecified atom stereocenters. The third-order valence-corrected chi connectivity index (χ3v) is 3.73. The summed E-state index contributed by atoms with van der Waals surface area (Å²) in [4.78, 5) is 14.4. The maximum Gasteiger partial charge on any atom is 0.258 e. The summed E-state index contributed by atoms with van der Waals surface area (Å²) in [6.07, 6.45) is 0.839. The molecule has 1 heterocycles. The van der Waals surface area contributed by atoms with Gasteiger partial charge in [-0.2, -0.15) is 0 Å². The summed E-state index contributed by atoms with van der Waals surface area (Å²) >= 11 is 5.99. The van der Waals surface area contributed by atoms with Crippen LogP contribution in [0.4, 0.5) is 5.69 Å². The standard InChI is InChI=1S/C16H14ClNO2/c1-20-14-4-2-3-12(10-14)16(19)18-8-7-11-9-13(17)5-6-15(11)18/h2-6,9-10H,7-8H2,1H3. The Labute approximate surface area is 122 Å². The van der Waals surface area contributed by atoms with E-state index in [1.54, 1.807) is 24.1 Å². The second-order valence-corrected chi connectivity index (χ2v) is 5.15. The van der Waals surface area contributed by atoms with E-state index < -0.39 is 0 Å². The van der Waals surface area contributed by atoms with Crippen LogP contribution >= 0.6 is 11.6 Å². The van der Waals surface area contributed by atoms with Gasteiger partial charge in [-0.1, -0.05) is 17.7 Å². The molecule has 4 heteroatoms. The summed E-state index contributed by atoms with van der Waals surface area (Å²) in [7, 11) is 1.59. The summed E-state index contributed by atoms with van der Waals surface area (Å²) in [5.41, 5.74) is 2.70. The van der Waals surface area contributed by atoms with Gasteiger partial charge in [0.1, 0.15) is 5.75 Å². The van der Waals surface area contributed by atoms with Crippen molar-refractivity contribution in [1.29, 1.82) is 0 Å². The van der Waals surface area contributed by atoms with Crippen LogP contribution in [0.1, 0.15) is 15.9 Å². The molecule has 0 bridgehead atoms. The van der Waals surface area contributed by atoms with E-state index in [-0.39, 0.29) is 5.91 Å². The number of nitrogens with zero attached hydrogens (tertiary/aromatic N) is 1. The molecule has 0 atom stereocenters. The van der Waals surface area contributed by atoms with Crippen LogP contribution in [0.25, 0.3) is 0 Å². The molecule has 0 N–H and O–H groups in total. The Bertz CT molecular complexity index is 669. The topological polar surface area (TPSA) is 29.5 Å². The van der Waals surface area contributed by atoms with Crippen LogP contribution in [-0.4, -0.2) is 19.6 Å². The number of rotatable bonds is 2. The second-order valence-electron chi connectivity index (χ2n) is 4.71. The predicted molar refractivity (Wildman–Crippen MR) is 79.8 cm³/mol. The number of hydrogen-bond donors (Lipinski definition) is 0. The molecule has 1 aliphatic rings. The Kier molecular flexibility index (Phi) is 3.36. The SMILES string of the molecule is COc1cccc(C(=O)N2CCc3cc(Cl)ccc32)c1. The molecule has 2 aromatic rings. The Hall–Kier alpha value is -2.00. The lowest BCUT2D eigenvalue weighted by atomic mass is 10.1. The summed E-state index contributed by atoms with van der Waals surface area (Å²) in [6.45, 7) is 0.686. The smallest absolute Gasteiger partial charge is 0.258 e. The number of hydrogen-bond acceptors (Lipinski definition) is 2. The maximum absolute atomic E-state index is 12.6. The number of ether oxygens (including phenoxy) is 1. The predicted octanol–water partition coefficient (Wildman–Crippen LogP) is 3.55. The molecule has 0 spiro atoms. The first-order valence-corrected chi connectivity index (χ1v) is 6.81. The van der Waals surface area contributed by atoms with Gasteiger partial charge in [0.25, 0.3) is 5.91 Å². The van der Waals surface area contributed by atoms with E-state index >= 15 is 0 Å². The molecule has 3 rings (SSSR count). The molecule has 102 valence electrons. The van der Waals surface area contributed by atoms with Crippen molar-refractivity contribution < 1.29 is 9.53 Å². The minimum atomic E-state index is -0.00928. The van der Waals surface area contributed by atoms with Gasteiger partial charge in [-0.3, -0.25) is 4.79 Å². The van der Waals surface area contributed by atoms with Crippen molar-refractivity contribution >= 4 is 23.2 Å². The zero-order valence-corrected chi connectivity index (χ0v) is 11.9. The zero-order valence-electron chi connectivity index (χ0n) is 11.1. The van der Waals surface area contributed by atoms with Crippen LogP contribution in [0, 0.1) is 0 Å². The van der Waals surface area contributed by atoms with Crippen LogP contribution in [0.15, 0.2) is 42.5 Å².